The summed E-state index contributed by atoms with van der Waals surface area (Å²) in [6.07, 6.45) is 1.63. The third-order valence-electron chi connectivity index (χ3n) is 8.79. The number of aryl methyl sites for hydroxylation is 2. The van der Waals surface area contributed by atoms with Crippen LogP contribution in [-0.4, -0.2) is 59.9 Å². The van der Waals surface area contributed by atoms with E-state index in [1.807, 2.05) is 48.2 Å². The van der Waals surface area contributed by atoms with E-state index in [4.69, 9.17) is 18.7 Å². The van der Waals surface area contributed by atoms with Crippen molar-refractivity contribution >= 4 is 31.1 Å². The van der Waals surface area contributed by atoms with Crippen LogP contribution in [-0.2, 0) is 9.05 Å². The first-order valence-electron chi connectivity index (χ1n) is 16.9. The van der Waals surface area contributed by atoms with Crippen LogP contribution in [0.5, 0.6) is 0 Å². The van der Waals surface area contributed by atoms with Crippen LogP contribution in [0.4, 0.5) is 5.69 Å². The number of piperidine rings is 1. The number of nitriles is 1. The molecule has 0 spiro atoms. The van der Waals surface area contributed by atoms with Crippen molar-refractivity contribution in [3.05, 3.63) is 75.4 Å². The van der Waals surface area contributed by atoms with Gasteiger partial charge in [0, 0.05) is 71.6 Å². The van der Waals surface area contributed by atoms with Gasteiger partial charge in [-0.15, -0.1) is 0 Å². The maximum atomic E-state index is 14.3. The van der Waals surface area contributed by atoms with E-state index in [0.29, 0.717) is 61.4 Å². The maximum absolute atomic E-state index is 14.3. The van der Waals surface area contributed by atoms with E-state index in [2.05, 4.69) is 56.7 Å². The summed E-state index contributed by atoms with van der Waals surface area (Å²) in [6.45, 7) is 16.6. The molecule has 9 nitrogen and oxygen atoms in total. The van der Waals surface area contributed by atoms with Crippen LogP contribution >= 0.6 is 8.53 Å². The topological polar surface area (TPSA) is 108 Å². The monoisotopic (exact) mass is 670 g/mol. The smallest absolute Gasteiger partial charge is 0.259 e. The normalized spacial score (nSPS) is 14.7. The van der Waals surface area contributed by atoms with E-state index in [1.54, 1.807) is 13.0 Å². The Kier molecular flexibility index (Phi) is 11.5. The molecule has 10 heteroatoms. The first-order valence-corrected chi connectivity index (χ1v) is 18.1. The van der Waals surface area contributed by atoms with Gasteiger partial charge in [-0.25, -0.2) is 4.67 Å². The molecule has 2 aromatic rings. The number of hydrogen-bond donors (Lipinski definition) is 1. The van der Waals surface area contributed by atoms with Crippen LogP contribution in [0.3, 0.4) is 0 Å². The highest BCUT2D eigenvalue weighted by molar-refractivity contribution is 7.44. The molecule has 1 aliphatic carbocycles. The molecule has 0 aromatic heterocycles. The second-order valence-electron chi connectivity index (χ2n) is 13.0. The molecular formula is C38H47N4O5P. The SMILES string of the molecule is CCNc1cc2oc3cc(=O)c(C)cc-3c(-c3ccccc3C(=O)N3CCC(OP(OCCC#N)N(C(C)C)C(C)C)CC3)c2cc1C. The van der Waals surface area contributed by atoms with Crippen molar-refractivity contribution < 1.29 is 18.3 Å². The second-order valence-corrected chi connectivity index (χ2v) is 14.4. The molecular weight excluding hydrogens is 623 g/mol. The van der Waals surface area contributed by atoms with E-state index in [-0.39, 0.29) is 29.5 Å². The van der Waals surface area contributed by atoms with E-state index >= 15 is 0 Å². The summed E-state index contributed by atoms with van der Waals surface area (Å²) >= 11 is 0. The molecule has 48 heavy (non-hydrogen) atoms. The standard InChI is InChI=1S/C38H47N4O5P/c1-8-40-33-22-35-31(20-26(33)6)37(32-21-27(7)34(43)23-36(32)46-35)29-12-9-10-13-30(29)38(44)41-17-14-28(15-18-41)47-48(45-19-11-16-39)42(24(2)3)25(4)5/h9-10,12-13,20-25,28,40H,8,11,14-15,17-19H2,1-7H3. The molecule has 2 aromatic carbocycles. The highest BCUT2D eigenvalue weighted by atomic mass is 31.2. The third kappa shape index (κ3) is 7.58. The minimum Gasteiger partial charge on any atom is -0.456 e. The number of benzene rings is 3. The largest absolute Gasteiger partial charge is 0.456 e. The zero-order valence-electron chi connectivity index (χ0n) is 29.1. The molecule has 1 fully saturated rings. The van der Waals surface area contributed by atoms with Crippen LogP contribution in [0.2, 0.25) is 0 Å². The van der Waals surface area contributed by atoms with Gasteiger partial charge < -0.3 is 23.7 Å². The van der Waals surface area contributed by atoms with E-state index in [9.17, 15) is 9.59 Å². The number of nitrogens with one attached hydrogen (secondary N) is 1. The average Bonchev–Trinajstić information content (AvgIpc) is 3.05. The van der Waals surface area contributed by atoms with E-state index in [0.717, 1.165) is 39.9 Å². The number of carbonyl (C=O) groups excluding carboxylic acids is 1. The van der Waals surface area contributed by atoms with Crippen molar-refractivity contribution in [1.82, 2.24) is 9.57 Å². The summed E-state index contributed by atoms with van der Waals surface area (Å²) in [5.74, 6) is 0.452. The Morgan fingerprint density at radius 3 is 2.44 bits per heavy atom. The minimum absolute atomic E-state index is 0.0391. The van der Waals surface area contributed by atoms with E-state index < -0.39 is 8.53 Å². The molecule has 5 rings (SSSR count). The van der Waals surface area contributed by atoms with Gasteiger partial charge in [0.1, 0.15) is 11.3 Å². The molecule has 0 saturated carbocycles. The lowest BCUT2D eigenvalue weighted by atomic mass is 9.89. The lowest BCUT2D eigenvalue weighted by Crippen LogP contribution is -2.42. The minimum atomic E-state index is -1.35. The summed E-state index contributed by atoms with van der Waals surface area (Å²) < 4.78 is 21.3. The number of nitrogens with zero attached hydrogens (tertiary/aromatic N) is 3. The summed E-state index contributed by atoms with van der Waals surface area (Å²) in [4.78, 5) is 29.0. The third-order valence-corrected chi connectivity index (χ3v) is 11.0. The molecule has 1 atom stereocenters. The number of hydrogen-bond acceptors (Lipinski definition) is 8. The van der Waals surface area contributed by atoms with Crippen LogP contribution in [0.1, 0.15) is 75.4 Å². The number of fused-ring (bicyclic) bond motifs is 2. The Hall–Kier alpha value is -3.80. The predicted molar refractivity (Wildman–Crippen MR) is 193 cm³/mol. The van der Waals surface area contributed by atoms with Gasteiger partial charge in [-0.3, -0.25) is 9.59 Å². The Bertz CT molecular complexity index is 1810. The molecule has 2 heterocycles. The van der Waals surface area contributed by atoms with Crippen LogP contribution in [0.25, 0.3) is 33.4 Å². The van der Waals surface area contributed by atoms with Gasteiger partial charge in [-0.1, -0.05) is 18.2 Å². The van der Waals surface area contributed by atoms with Gasteiger partial charge >= 0.3 is 0 Å². The van der Waals surface area contributed by atoms with Gasteiger partial charge in [-0.2, -0.15) is 5.26 Å². The van der Waals surface area contributed by atoms with Crippen molar-refractivity contribution in [1.29, 1.82) is 5.26 Å². The molecule has 1 saturated heterocycles. The molecule has 0 bridgehead atoms. The summed E-state index contributed by atoms with van der Waals surface area (Å²) in [6, 6.07) is 17.8. The fourth-order valence-corrected chi connectivity index (χ4v) is 8.27. The summed E-state index contributed by atoms with van der Waals surface area (Å²) in [5.41, 5.74) is 6.30. The molecule has 1 unspecified atom stereocenters. The highest BCUT2D eigenvalue weighted by Gasteiger charge is 2.33. The number of carbonyl (C=O) groups is 1. The Labute approximate surface area is 285 Å². The van der Waals surface area contributed by atoms with Crippen molar-refractivity contribution in [3.63, 3.8) is 0 Å². The molecule has 1 amide bonds. The fourth-order valence-electron chi connectivity index (χ4n) is 6.50. The molecule has 2 aliphatic heterocycles. The average molecular weight is 671 g/mol. The fraction of sp³-hybridized carbons (Fsp3) is 0.447. The van der Waals surface area contributed by atoms with Crippen LogP contribution < -0.4 is 10.7 Å². The zero-order valence-corrected chi connectivity index (χ0v) is 30.0. The first kappa shape index (κ1) is 35.5. The zero-order chi connectivity index (χ0) is 34.5. The predicted octanol–water partition coefficient (Wildman–Crippen LogP) is 8.51. The number of amides is 1. The van der Waals surface area contributed by atoms with Gasteiger partial charge in [0.15, 0.2) is 5.43 Å². The quantitative estimate of drug-likeness (QED) is 0.0908. The van der Waals surface area contributed by atoms with Crippen molar-refractivity contribution in [2.24, 2.45) is 0 Å². The lowest BCUT2D eigenvalue weighted by Gasteiger charge is -2.39. The number of likely N-dealkylation sites (tertiary alicyclic amines) is 1. The van der Waals surface area contributed by atoms with E-state index in [1.165, 1.54) is 0 Å². The number of rotatable bonds is 12. The van der Waals surface area contributed by atoms with Gasteiger partial charge in [0.2, 0.25) is 0 Å². The summed E-state index contributed by atoms with van der Waals surface area (Å²) in [7, 11) is -1.35. The van der Waals surface area contributed by atoms with Gasteiger partial charge in [-0.05, 0) is 96.2 Å². The molecule has 3 aliphatic rings. The maximum Gasteiger partial charge on any atom is 0.259 e. The summed E-state index contributed by atoms with van der Waals surface area (Å²) in [5, 5.41) is 13.3. The Morgan fingerprint density at radius 2 is 1.77 bits per heavy atom. The highest BCUT2D eigenvalue weighted by Crippen LogP contribution is 2.48. The lowest BCUT2D eigenvalue weighted by molar-refractivity contribution is 0.0544. The molecule has 0 radical (unpaired) electrons. The Balaban J connectivity index is 1.46. The van der Waals surface area contributed by atoms with Crippen LogP contribution in [0, 0.1) is 25.2 Å². The van der Waals surface area contributed by atoms with Crippen molar-refractivity contribution in [3.8, 4) is 28.5 Å². The number of anilines is 1. The first-order chi connectivity index (χ1) is 23.0. The van der Waals surface area contributed by atoms with Crippen LogP contribution in [0.15, 0.2) is 57.7 Å². The van der Waals surface area contributed by atoms with Gasteiger partial charge in [0.05, 0.1) is 25.2 Å². The van der Waals surface area contributed by atoms with Crippen molar-refractivity contribution in [2.75, 3.05) is 31.6 Å². The van der Waals surface area contributed by atoms with Crippen molar-refractivity contribution in [2.45, 2.75) is 85.9 Å². The van der Waals surface area contributed by atoms with Gasteiger partial charge in [0.25, 0.3) is 14.4 Å². The molecule has 1 N–H and O–H groups in total. The molecule has 254 valence electrons. The Morgan fingerprint density at radius 1 is 1.06 bits per heavy atom. The second kappa shape index (κ2) is 15.6.